The highest BCUT2D eigenvalue weighted by molar-refractivity contribution is 5.73. The Hall–Kier alpha value is -1.75. The lowest BCUT2D eigenvalue weighted by molar-refractivity contribution is -0.130. The van der Waals surface area contributed by atoms with Crippen LogP contribution in [0.5, 0.6) is 5.75 Å². The molecule has 1 aliphatic heterocycles. The molecule has 5 heteroatoms. The summed E-state index contributed by atoms with van der Waals surface area (Å²) in [4.78, 5) is 15.5. The molecule has 2 rings (SSSR count). The van der Waals surface area contributed by atoms with E-state index in [9.17, 15) is 4.79 Å². The van der Waals surface area contributed by atoms with Gasteiger partial charge in [-0.15, -0.1) is 0 Å². The van der Waals surface area contributed by atoms with Crippen LogP contribution in [0, 0.1) is 0 Å². The largest absolute Gasteiger partial charge is 0.494 e. The predicted molar refractivity (Wildman–Crippen MR) is 79.6 cm³/mol. The molecule has 20 heavy (non-hydrogen) atoms. The lowest BCUT2D eigenvalue weighted by Gasteiger charge is -2.34. The minimum atomic E-state index is 0.156. The number of anilines is 1. The van der Waals surface area contributed by atoms with Crippen LogP contribution >= 0.6 is 0 Å². The number of nitrogens with two attached hydrogens (primary N) is 1. The zero-order valence-electron chi connectivity index (χ0n) is 12.3. The minimum absolute atomic E-state index is 0.156. The number of nitrogen functional groups attached to an aromatic ring is 1. The first-order valence-electron chi connectivity index (χ1n) is 7.09. The van der Waals surface area contributed by atoms with Crippen LogP contribution in [0.3, 0.4) is 0 Å². The van der Waals surface area contributed by atoms with Crippen LogP contribution in [-0.4, -0.2) is 48.5 Å². The summed E-state index contributed by atoms with van der Waals surface area (Å²) in [5.41, 5.74) is 7.73. The SMILES string of the molecule is CCOc1ccc(N)cc1CN1CCN(C(C)=O)CC1. The van der Waals surface area contributed by atoms with Crippen molar-refractivity contribution in [3.8, 4) is 5.75 Å². The summed E-state index contributed by atoms with van der Waals surface area (Å²) in [6.07, 6.45) is 0. The molecule has 110 valence electrons. The Labute approximate surface area is 120 Å². The Balaban J connectivity index is 2.00. The minimum Gasteiger partial charge on any atom is -0.494 e. The maximum Gasteiger partial charge on any atom is 0.219 e. The molecule has 1 heterocycles. The summed E-state index contributed by atoms with van der Waals surface area (Å²) in [5.74, 6) is 1.05. The predicted octanol–water partition coefficient (Wildman–Crippen LogP) is 1.33. The van der Waals surface area contributed by atoms with Crippen LogP contribution in [0.1, 0.15) is 19.4 Å². The van der Waals surface area contributed by atoms with Crippen molar-refractivity contribution >= 4 is 11.6 Å². The molecular formula is C15H23N3O2. The highest BCUT2D eigenvalue weighted by Gasteiger charge is 2.19. The van der Waals surface area contributed by atoms with E-state index < -0.39 is 0 Å². The van der Waals surface area contributed by atoms with Gasteiger partial charge in [0.1, 0.15) is 5.75 Å². The Morgan fingerprint density at radius 2 is 2.00 bits per heavy atom. The number of piperazine rings is 1. The highest BCUT2D eigenvalue weighted by Crippen LogP contribution is 2.23. The molecule has 2 N–H and O–H groups in total. The molecule has 0 radical (unpaired) electrons. The van der Waals surface area contributed by atoms with E-state index in [1.807, 2.05) is 30.0 Å². The van der Waals surface area contributed by atoms with Gasteiger partial charge in [0.25, 0.3) is 0 Å². The third kappa shape index (κ3) is 3.63. The van der Waals surface area contributed by atoms with Gasteiger partial charge in [-0.1, -0.05) is 0 Å². The van der Waals surface area contributed by atoms with Gasteiger partial charge in [0, 0.05) is 50.9 Å². The summed E-state index contributed by atoms with van der Waals surface area (Å²) in [6, 6.07) is 5.77. The summed E-state index contributed by atoms with van der Waals surface area (Å²) in [6.45, 7) is 8.43. The van der Waals surface area contributed by atoms with E-state index in [-0.39, 0.29) is 5.91 Å². The van der Waals surface area contributed by atoms with E-state index in [0.717, 1.165) is 49.7 Å². The summed E-state index contributed by atoms with van der Waals surface area (Å²) < 4.78 is 5.65. The lowest BCUT2D eigenvalue weighted by atomic mass is 10.1. The average Bonchev–Trinajstić information content (AvgIpc) is 2.42. The van der Waals surface area contributed by atoms with Crippen LogP contribution in [0.15, 0.2) is 18.2 Å². The molecule has 1 aromatic carbocycles. The van der Waals surface area contributed by atoms with Crippen LogP contribution < -0.4 is 10.5 Å². The van der Waals surface area contributed by atoms with E-state index in [1.54, 1.807) is 6.92 Å². The number of ether oxygens (including phenoxy) is 1. The van der Waals surface area contributed by atoms with Gasteiger partial charge in [0.2, 0.25) is 5.91 Å². The maximum atomic E-state index is 11.3. The van der Waals surface area contributed by atoms with Gasteiger partial charge < -0.3 is 15.4 Å². The molecule has 1 aliphatic rings. The first-order chi connectivity index (χ1) is 9.60. The fourth-order valence-electron chi connectivity index (χ4n) is 2.48. The molecule has 0 aromatic heterocycles. The lowest BCUT2D eigenvalue weighted by Crippen LogP contribution is -2.47. The molecule has 0 bridgehead atoms. The number of hydrogen-bond acceptors (Lipinski definition) is 4. The third-order valence-electron chi connectivity index (χ3n) is 3.60. The molecule has 0 unspecified atom stereocenters. The van der Waals surface area contributed by atoms with E-state index in [1.165, 1.54) is 0 Å². The second-order valence-electron chi connectivity index (χ2n) is 5.08. The summed E-state index contributed by atoms with van der Waals surface area (Å²) >= 11 is 0. The molecule has 0 saturated carbocycles. The molecule has 0 atom stereocenters. The van der Waals surface area contributed by atoms with Crippen molar-refractivity contribution < 1.29 is 9.53 Å². The van der Waals surface area contributed by atoms with Gasteiger partial charge in [-0.3, -0.25) is 9.69 Å². The zero-order valence-corrected chi connectivity index (χ0v) is 12.3. The average molecular weight is 277 g/mol. The Bertz CT molecular complexity index is 468. The number of hydrogen-bond donors (Lipinski definition) is 1. The second-order valence-corrected chi connectivity index (χ2v) is 5.08. The van der Waals surface area contributed by atoms with Crippen LogP contribution in [0.4, 0.5) is 5.69 Å². The zero-order chi connectivity index (χ0) is 14.5. The highest BCUT2D eigenvalue weighted by atomic mass is 16.5. The smallest absolute Gasteiger partial charge is 0.219 e. The van der Waals surface area contributed by atoms with Crippen molar-refractivity contribution in [2.45, 2.75) is 20.4 Å². The number of nitrogens with zero attached hydrogens (tertiary/aromatic N) is 2. The normalized spacial score (nSPS) is 16.2. The standard InChI is InChI=1S/C15H23N3O2/c1-3-20-15-5-4-14(16)10-13(15)11-17-6-8-18(9-7-17)12(2)19/h4-5,10H,3,6-9,11,16H2,1-2H3. The molecular weight excluding hydrogens is 254 g/mol. The molecule has 1 fully saturated rings. The van der Waals surface area contributed by atoms with Crippen molar-refractivity contribution in [1.29, 1.82) is 0 Å². The number of carbonyl (C=O) groups excluding carboxylic acids is 1. The molecule has 1 aromatic rings. The topological polar surface area (TPSA) is 58.8 Å². The van der Waals surface area contributed by atoms with Crippen LogP contribution in [0.2, 0.25) is 0 Å². The number of amides is 1. The van der Waals surface area contributed by atoms with E-state index in [4.69, 9.17) is 10.5 Å². The summed E-state index contributed by atoms with van der Waals surface area (Å²) in [5, 5.41) is 0. The van der Waals surface area contributed by atoms with Crippen molar-refractivity contribution in [2.24, 2.45) is 0 Å². The molecule has 1 saturated heterocycles. The van der Waals surface area contributed by atoms with E-state index >= 15 is 0 Å². The van der Waals surface area contributed by atoms with Gasteiger partial charge in [-0.25, -0.2) is 0 Å². The summed E-state index contributed by atoms with van der Waals surface area (Å²) in [7, 11) is 0. The second kappa shape index (κ2) is 6.61. The van der Waals surface area contributed by atoms with Crippen LogP contribution in [0.25, 0.3) is 0 Å². The van der Waals surface area contributed by atoms with E-state index in [0.29, 0.717) is 6.61 Å². The molecule has 0 aliphatic carbocycles. The fourth-order valence-corrected chi connectivity index (χ4v) is 2.48. The number of carbonyl (C=O) groups is 1. The first-order valence-corrected chi connectivity index (χ1v) is 7.09. The Morgan fingerprint density at radius 1 is 1.30 bits per heavy atom. The molecule has 0 spiro atoms. The Morgan fingerprint density at radius 3 is 2.60 bits per heavy atom. The van der Waals surface area contributed by atoms with Gasteiger partial charge >= 0.3 is 0 Å². The maximum absolute atomic E-state index is 11.3. The van der Waals surface area contributed by atoms with E-state index in [2.05, 4.69) is 4.90 Å². The van der Waals surface area contributed by atoms with Gasteiger partial charge in [0.05, 0.1) is 6.61 Å². The first kappa shape index (κ1) is 14.7. The quantitative estimate of drug-likeness (QED) is 0.844. The van der Waals surface area contributed by atoms with Gasteiger partial charge in [0.15, 0.2) is 0 Å². The van der Waals surface area contributed by atoms with Crippen molar-refractivity contribution in [1.82, 2.24) is 9.80 Å². The van der Waals surface area contributed by atoms with Gasteiger partial charge in [-0.2, -0.15) is 0 Å². The van der Waals surface area contributed by atoms with Crippen LogP contribution in [-0.2, 0) is 11.3 Å². The van der Waals surface area contributed by atoms with Crippen molar-refractivity contribution in [3.63, 3.8) is 0 Å². The monoisotopic (exact) mass is 277 g/mol. The number of rotatable bonds is 4. The third-order valence-corrected chi connectivity index (χ3v) is 3.60. The molecule has 1 amide bonds. The molecule has 5 nitrogen and oxygen atoms in total. The van der Waals surface area contributed by atoms with Crippen molar-refractivity contribution in [3.05, 3.63) is 23.8 Å². The van der Waals surface area contributed by atoms with Crippen molar-refractivity contribution in [2.75, 3.05) is 38.5 Å². The number of benzene rings is 1. The fraction of sp³-hybridized carbons (Fsp3) is 0.533. The van der Waals surface area contributed by atoms with Gasteiger partial charge in [-0.05, 0) is 25.1 Å². The Kier molecular flexibility index (Phi) is 4.84.